The molecule has 1 saturated carbocycles. The van der Waals surface area contributed by atoms with Crippen LogP contribution in [0.1, 0.15) is 37.8 Å². The number of methoxy groups -OCH3 is 1. The van der Waals surface area contributed by atoms with Gasteiger partial charge in [-0.1, -0.05) is 25.1 Å². The summed E-state index contributed by atoms with van der Waals surface area (Å²) in [6.07, 6.45) is 3.23. The fraction of sp³-hybridized carbons (Fsp3) is 0.533. The van der Waals surface area contributed by atoms with Gasteiger partial charge in [0.1, 0.15) is 5.75 Å². The van der Waals surface area contributed by atoms with Crippen molar-refractivity contribution in [2.75, 3.05) is 13.7 Å². The van der Waals surface area contributed by atoms with Crippen molar-refractivity contribution < 1.29 is 9.53 Å². The van der Waals surface area contributed by atoms with Gasteiger partial charge in [0, 0.05) is 11.6 Å². The van der Waals surface area contributed by atoms with Crippen LogP contribution in [0.4, 0.5) is 0 Å². The fourth-order valence-corrected chi connectivity index (χ4v) is 2.12. The minimum Gasteiger partial charge on any atom is -0.496 e. The number of ether oxygens (including phenoxy) is 1. The van der Waals surface area contributed by atoms with Crippen LogP contribution in [0.15, 0.2) is 24.3 Å². The Balaban J connectivity index is 1.95. The molecule has 0 spiro atoms. The van der Waals surface area contributed by atoms with Crippen molar-refractivity contribution >= 4 is 5.91 Å². The second kappa shape index (κ2) is 6.57. The van der Waals surface area contributed by atoms with E-state index < -0.39 is 0 Å². The average molecular weight is 262 g/mol. The number of benzene rings is 1. The molecule has 1 aromatic carbocycles. The highest BCUT2D eigenvalue weighted by molar-refractivity contribution is 5.78. The summed E-state index contributed by atoms with van der Waals surface area (Å²) in [7, 11) is 1.65. The van der Waals surface area contributed by atoms with Gasteiger partial charge in [-0.15, -0.1) is 0 Å². The summed E-state index contributed by atoms with van der Waals surface area (Å²) >= 11 is 0. The zero-order valence-corrected chi connectivity index (χ0v) is 11.6. The van der Waals surface area contributed by atoms with E-state index in [1.807, 2.05) is 24.3 Å². The molecule has 0 radical (unpaired) electrons. The maximum Gasteiger partial charge on any atom is 0.234 e. The lowest BCUT2D eigenvalue weighted by atomic mass is 10.0. The molecule has 0 aliphatic heterocycles. The monoisotopic (exact) mass is 262 g/mol. The van der Waals surface area contributed by atoms with Crippen LogP contribution < -0.4 is 15.4 Å². The number of amides is 1. The molecule has 1 aliphatic carbocycles. The lowest BCUT2D eigenvalue weighted by Crippen LogP contribution is -2.37. The minimum atomic E-state index is 0.00431. The largest absolute Gasteiger partial charge is 0.496 e. The summed E-state index contributed by atoms with van der Waals surface area (Å²) in [6, 6.07) is 8.39. The van der Waals surface area contributed by atoms with Crippen LogP contribution >= 0.6 is 0 Å². The van der Waals surface area contributed by atoms with Gasteiger partial charge in [-0.05, 0) is 25.3 Å². The van der Waals surface area contributed by atoms with Crippen molar-refractivity contribution in [1.82, 2.24) is 10.6 Å². The predicted octanol–water partition coefficient (Wildman–Crippen LogP) is 2.01. The Morgan fingerprint density at radius 1 is 1.42 bits per heavy atom. The summed E-state index contributed by atoms with van der Waals surface area (Å²) < 4.78 is 5.35. The molecular weight excluding hydrogens is 240 g/mol. The molecule has 19 heavy (non-hydrogen) atoms. The van der Waals surface area contributed by atoms with Crippen molar-refractivity contribution in [1.29, 1.82) is 0 Å². The summed E-state index contributed by atoms with van der Waals surface area (Å²) in [5.41, 5.74) is 1.03. The summed E-state index contributed by atoms with van der Waals surface area (Å²) in [5, 5.41) is 6.28. The van der Waals surface area contributed by atoms with Gasteiger partial charge < -0.3 is 15.4 Å². The van der Waals surface area contributed by atoms with Crippen LogP contribution in [0.2, 0.25) is 0 Å². The van der Waals surface area contributed by atoms with Crippen LogP contribution in [-0.2, 0) is 4.79 Å². The standard InChI is InChI=1S/C15H22N2O2/c1-3-13(12-6-4-5-7-14(12)19-2)17-15(18)10-16-11-8-9-11/h4-7,11,13,16H,3,8-10H2,1-2H3,(H,17,18). The van der Waals surface area contributed by atoms with E-state index in [0.29, 0.717) is 12.6 Å². The third kappa shape index (κ3) is 3.96. The molecule has 2 rings (SSSR count). The van der Waals surface area contributed by atoms with E-state index in [0.717, 1.165) is 17.7 Å². The number of nitrogens with one attached hydrogen (secondary N) is 2. The van der Waals surface area contributed by atoms with Crippen molar-refractivity contribution in [3.63, 3.8) is 0 Å². The summed E-state index contributed by atoms with van der Waals surface area (Å²) in [5.74, 6) is 0.870. The number of carbonyl (C=O) groups excluding carboxylic acids is 1. The molecule has 4 nitrogen and oxygen atoms in total. The second-order valence-corrected chi connectivity index (χ2v) is 4.93. The molecule has 1 atom stereocenters. The topological polar surface area (TPSA) is 50.4 Å². The average Bonchev–Trinajstić information content (AvgIpc) is 3.26. The van der Waals surface area contributed by atoms with E-state index in [1.165, 1.54) is 12.8 Å². The molecule has 1 aromatic rings. The smallest absolute Gasteiger partial charge is 0.234 e. The van der Waals surface area contributed by atoms with Gasteiger partial charge in [-0.3, -0.25) is 4.79 Å². The van der Waals surface area contributed by atoms with E-state index >= 15 is 0 Å². The van der Waals surface area contributed by atoms with E-state index in [-0.39, 0.29) is 11.9 Å². The third-order valence-electron chi connectivity index (χ3n) is 3.39. The van der Waals surface area contributed by atoms with Gasteiger partial charge >= 0.3 is 0 Å². The third-order valence-corrected chi connectivity index (χ3v) is 3.39. The highest BCUT2D eigenvalue weighted by Gasteiger charge is 2.22. The van der Waals surface area contributed by atoms with Crippen LogP contribution in [0, 0.1) is 0 Å². The van der Waals surface area contributed by atoms with Crippen molar-refractivity contribution in [3.8, 4) is 5.75 Å². The Hall–Kier alpha value is -1.55. The Kier molecular flexibility index (Phi) is 4.80. The van der Waals surface area contributed by atoms with Gasteiger partial charge in [0.15, 0.2) is 0 Å². The quantitative estimate of drug-likeness (QED) is 0.790. The first kappa shape index (κ1) is 13.9. The first-order chi connectivity index (χ1) is 9.24. The molecule has 1 unspecified atom stereocenters. The number of hydrogen-bond donors (Lipinski definition) is 2. The highest BCUT2D eigenvalue weighted by Crippen LogP contribution is 2.26. The summed E-state index contributed by atoms with van der Waals surface area (Å²) in [6.45, 7) is 2.46. The maximum absolute atomic E-state index is 11.9. The molecule has 0 bridgehead atoms. The molecule has 4 heteroatoms. The van der Waals surface area contributed by atoms with E-state index in [9.17, 15) is 4.79 Å². The number of carbonyl (C=O) groups is 1. The number of hydrogen-bond acceptors (Lipinski definition) is 3. The Labute approximate surface area is 114 Å². The van der Waals surface area contributed by atoms with Gasteiger partial charge in [-0.2, -0.15) is 0 Å². The molecule has 0 aromatic heterocycles. The normalized spacial score (nSPS) is 15.9. The first-order valence-electron chi connectivity index (χ1n) is 6.90. The van der Waals surface area contributed by atoms with Gasteiger partial charge in [0.2, 0.25) is 5.91 Å². The van der Waals surface area contributed by atoms with Gasteiger partial charge in [0.05, 0.1) is 19.7 Å². The molecule has 104 valence electrons. The summed E-state index contributed by atoms with van der Waals surface area (Å²) in [4.78, 5) is 11.9. The molecule has 1 fully saturated rings. The molecule has 2 N–H and O–H groups in total. The zero-order chi connectivity index (χ0) is 13.7. The Morgan fingerprint density at radius 2 is 2.16 bits per heavy atom. The molecular formula is C15H22N2O2. The van der Waals surface area contributed by atoms with E-state index in [4.69, 9.17) is 4.74 Å². The minimum absolute atomic E-state index is 0.00431. The van der Waals surface area contributed by atoms with Gasteiger partial charge in [-0.25, -0.2) is 0 Å². The predicted molar refractivity (Wildman–Crippen MR) is 75.2 cm³/mol. The fourth-order valence-electron chi connectivity index (χ4n) is 2.12. The van der Waals surface area contributed by atoms with Crippen LogP contribution in [0.5, 0.6) is 5.75 Å². The number of para-hydroxylation sites is 1. The second-order valence-electron chi connectivity index (χ2n) is 4.93. The first-order valence-corrected chi connectivity index (χ1v) is 6.90. The van der Waals surface area contributed by atoms with E-state index in [2.05, 4.69) is 17.6 Å². The Bertz CT molecular complexity index is 430. The van der Waals surface area contributed by atoms with Crippen molar-refractivity contribution in [2.45, 2.75) is 38.3 Å². The van der Waals surface area contributed by atoms with Crippen LogP contribution in [-0.4, -0.2) is 25.6 Å². The molecule has 0 heterocycles. The van der Waals surface area contributed by atoms with Crippen LogP contribution in [0.3, 0.4) is 0 Å². The number of rotatable bonds is 7. The van der Waals surface area contributed by atoms with Crippen molar-refractivity contribution in [2.24, 2.45) is 0 Å². The lowest BCUT2D eigenvalue weighted by molar-refractivity contribution is -0.121. The maximum atomic E-state index is 11.9. The van der Waals surface area contributed by atoms with Gasteiger partial charge in [0.25, 0.3) is 0 Å². The molecule has 1 amide bonds. The lowest BCUT2D eigenvalue weighted by Gasteiger charge is -2.20. The van der Waals surface area contributed by atoms with Crippen molar-refractivity contribution in [3.05, 3.63) is 29.8 Å². The SMILES string of the molecule is CCC(NC(=O)CNC1CC1)c1ccccc1OC. The van der Waals surface area contributed by atoms with E-state index in [1.54, 1.807) is 7.11 Å². The Morgan fingerprint density at radius 3 is 2.79 bits per heavy atom. The van der Waals surface area contributed by atoms with Crippen LogP contribution in [0.25, 0.3) is 0 Å². The molecule has 1 aliphatic rings. The highest BCUT2D eigenvalue weighted by atomic mass is 16.5. The molecule has 0 saturated heterocycles. The zero-order valence-electron chi connectivity index (χ0n) is 11.6.